The number of anilines is 4. The van der Waals surface area contributed by atoms with Crippen LogP contribution in [-0.2, 0) is 6.54 Å². The van der Waals surface area contributed by atoms with Gasteiger partial charge >= 0.3 is 6.03 Å². The standard InChI is InChI=1S/C24H26N6O2/c1-32-21-11-9-19(10-12-21)29-16-17-14-26-23(27-18-6-3-2-4-7-18)28-22(17)30(24(29)31)20-8-5-13-25-15-20/h2-4,6-7,9-12,14,20,25H,5,8,13,15-16H2,1H3,(H,26,27,28). The van der Waals surface area contributed by atoms with Crippen molar-refractivity contribution >= 4 is 29.2 Å². The Kier molecular flexibility index (Phi) is 5.60. The Morgan fingerprint density at radius 1 is 1.12 bits per heavy atom. The summed E-state index contributed by atoms with van der Waals surface area (Å²) in [6.07, 6.45) is 3.77. The predicted molar refractivity (Wildman–Crippen MR) is 125 cm³/mol. The summed E-state index contributed by atoms with van der Waals surface area (Å²) in [5.41, 5.74) is 2.65. The van der Waals surface area contributed by atoms with Gasteiger partial charge in [0.1, 0.15) is 11.6 Å². The lowest BCUT2D eigenvalue weighted by molar-refractivity contribution is 0.245. The maximum atomic E-state index is 13.7. The second-order valence-corrected chi connectivity index (χ2v) is 7.97. The molecule has 0 spiro atoms. The summed E-state index contributed by atoms with van der Waals surface area (Å²) >= 11 is 0. The molecule has 1 aromatic heterocycles. The van der Waals surface area contributed by atoms with Gasteiger partial charge in [-0.1, -0.05) is 18.2 Å². The first kappa shape index (κ1) is 20.3. The van der Waals surface area contributed by atoms with Gasteiger partial charge in [-0.25, -0.2) is 9.78 Å². The van der Waals surface area contributed by atoms with Crippen LogP contribution in [0.25, 0.3) is 0 Å². The number of urea groups is 1. The zero-order valence-corrected chi connectivity index (χ0v) is 18.0. The molecule has 164 valence electrons. The minimum Gasteiger partial charge on any atom is -0.497 e. The second kappa shape index (κ2) is 8.84. The third-order valence-electron chi connectivity index (χ3n) is 5.89. The Morgan fingerprint density at radius 3 is 2.66 bits per heavy atom. The number of nitrogens with one attached hydrogen (secondary N) is 2. The van der Waals surface area contributed by atoms with Gasteiger partial charge in [0.25, 0.3) is 0 Å². The van der Waals surface area contributed by atoms with Gasteiger partial charge in [0.05, 0.1) is 19.7 Å². The zero-order valence-electron chi connectivity index (χ0n) is 18.0. The first-order valence-corrected chi connectivity index (χ1v) is 10.9. The summed E-state index contributed by atoms with van der Waals surface area (Å²) in [4.78, 5) is 26.7. The van der Waals surface area contributed by atoms with E-state index in [4.69, 9.17) is 9.72 Å². The average Bonchev–Trinajstić information content (AvgIpc) is 2.85. The number of rotatable bonds is 5. The molecular formula is C24H26N6O2. The van der Waals surface area contributed by atoms with Crippen molar-refractivity contribution in [2.24, 2.45) is 0 Å². The third-order valence-corrected chi connectivity index (χ3v) is 5.89. The van der Waals surface area contributed by atoms with Crippen molar-refractivity contribution in [3.8, 4) is 5.75 Å². The van der Waals surface area contributed by atoms with Crippen LogP contribution in [0, 0.1) is 0 Å². The summed E-state index contributed by atoms with van der Waals surface area (Å²) in [6, 6.07) is 17.3. The third kappa shape index (κ3) is 3.97. The molecule has 1 unspecified atom stereocenters. The topological polar surface area (TPSA) is 82.6 Å². The number of benzene rings is 2. The first-order chi connectivity index (χ1) is 15.7. The van der Waals surface area contributed by atoms with E-state index in [1.807, 2.05) is 65.7 Å². The Balaban J connectivity index is 1.51. The lowest BCUT2D eigenvalue weighted by Crippen LogP contribution is -2.56. The van der Waals surface area contributed by atoms with Gasteiger partial charge in [0.15, 0.2) is 0 Å². The number of methoxy groups -OCH3 is 1. The van der Waals surface area contributed by atoms with E-state index in [2.05, 4.69) is 15.6 Å². The van der Waals surface area contributed by atoms with Crippen LogP contribution in [-0.4, -0.2) is 42.2 Å². The lowest BCUT2D eigenvalue weighted by atomic mass is 10.0. The van der Waals surface area contributed by atoms with E-state index in [0.29, 0.717) is 18.3 Å². The average molecular weight is 431 g/mol. The molecule has 32 heavy (non-hydrogen) atoms. The molecule has 3 heterocycles. The largest absolute Gasteiger partial charge is 0.497 e. The highest BCUT2D eigenvalue weighted by molar-refractivity contribution is 6.06. The molecule has 0 aliphatic carbocycles. The summed E-state index contributed by atoms with van der Waals surface area (Å²) < 4.78 is 5.27. The van der Waals surface area contributed by atoms with Crippen molar-refractivity contribution in [3.05, 3.63) is 66.4 Å². The van der Waals surface area contributed by atoms with Gasteiger partial charge in [-0.3, -0.25) is 9.80 Å². The van der Waals surface area contributed by atoms with Gasteiger partial charge in [0.2, 0.25) is 5.95 Å². The van der Waals surface area contributed by atoms with E-state index in [1.165, 1.54) is 0 Å². The predicted octanol–water partition coefficient (Wildman–Crippen LogP) is 3.93. The summed E-state index contributed by atoms with van der Waals surface area (Å²) in [6.45, 7) is 2.13. The van der Waals surface area contributed by atoms with Crippen LogP contribution in [0.15, 0.2) is 60.8 Å². The first-order valence-electron chi connectivity index (χ1n) is 10.9. The van der Waals surface area contributed by atoms with Crippen LogP contribution in [0.2, 0.25) is 0 Å². The second-order valence-electron chi connectivity index (χ2n) is 7.97. The molecule has 2 aromatic carbocycles. The van der Waals surface area contributed by atoms with E-state index in [9.17, 15) is 4.79 Å². The molecule has 0 bridgehead atoms. The maximum Gasteiger partial charge on any atom is 0.330 e. The number of carbonyl (C=O) groups is 1. The van der Waals surface area contributed by atoms with Crippen molar-refractivity contribution in [1.82, 2.24) is 15.3 Å². The van der Waals surface area contributed by atoms with E-state index in [-0.39, 0.29) is 12.1 Å². The number of aromatic nitrogens is 2. The molecular weight excluding hydrogens is 404 g/mol. The number of nitrogens with zero attached hydrogens (tertiary/aromatic N) is 4. The van der Waals surface area contributed by atoms with Gasteiger partial charge in [-0.2, -0.15) is 4.98 Å². The Hall–Kier alpha value is -3.65. The molecule has 0 saturated carbocycles. The highest BCUT2D eigenvalue weighted by atomic mass is 16.5. The van der Waals surface area contributed by atoms with Crippen LogP contribution < -0.4 is 25.2 Å². The van der Waals surface area contributed by atoms with Gasteiger partial charge < -0.3 is 15.4 Å². The smallest absolute Gasteiger partial charge is 0.330 e. The molecule has 8 nitrogen and oxygen atoms in total. The summed E-state index contributed by atoms with van der Waals surface area (Å²) in [5.74, 6) is 1.92. The minimum absolute atomic E-state index is 0.0375. The molecule has 2 aliphatic heterocycles. The molecule has 2 N–H and O–H groups in total. The van der Waals surface area contributed by atoms with Crippen LogP contribution in [0.4, 0.5) is 27.9 Å². The Bertz CT molecular complexity index is 1080. The molecule has 3 aromatic rings. The van der Waals surface area contributed by atoms with Crippen LogP contribution in [0.1, 0.15) is 18.4 Å². The normalized spacial score (nSPS) is 18.3. The van der Waals surface area contributed by atoms with Gasteiger partial charge in [-0.05, 0) is 55.8 Å². The number of piperidine rings is 1. The number of amides is 2. The Labute approximate surface area is 187 Å². The summed E-state index contributed by atoms with van der Waals surface area (Å²) in [7, 11) is 1.63. The van der Waals surface area contributed by atoms with Crippen molar-refractivity contribution in [1.29, 1.82) is 0 Å². The maximum absolute atomic E-state index is 13.7. The summed E-state index contributed by atoms with van der Waals surface area (Å²) in [5, 5.41) is 6.66. The van der Waals surface area contributed by atoms with E-state index < -0.39 is 0 Å². The number of fused-ring (bicyclic) bond motifs is 1. The molecule has 8 heteroatoms. The van der Waals surface area contributed by atoms with Crippen LogP contribution in [0.5, 0.6) is 5.75 Å². The number of ether oxygens (including phenoxy) is 1. The number of hydrogen-bond donors (Lipinski definition) is 2. The lowest BCUT2D eigenvalue weighted by Gasteiger charge is -2.41. The molecule has 5 rings (SSSR count). The quantitative estimate of drug-likeness (QED) is 0.638. The number of hydrogen-bond acceptors (Lipinski definition) is 6. The Morgan fingerprint density at radius 2 is 1.94 bits per heavy atom. The van der Waals surface area contributed by atoms with Gasteiger partial charge in [-0.15, -0.1) is 0 Å². The number of para-hydroxylation sites is 1. The van der Waals surface area contributed by atoms with Crippen molar-refractivity contribution < 1.29 is 9.53 Å². The fraction of sp³-hybridized carbons (Fsp3) is 0.292. The highest BCUT2D eigenvalue weighted by Crippen LogP contribution is 2.34. The molecule has 0 radical (unpaired) electrons. The molecule has 1 atom stereocenters. The van der Waals surface area contributed by atoms with Crippen molar-refractivity contribution in [2.45, 2.75) is 25.4 Å². The fourth-order valence-corrected chi connectivity index (χ4v) is 4.23. The highest BCUT2D eigenvalue weighted by Gasteiger charge is 2.38. The molecule has 2 aliphatic rings. The van der Waals surface area contributed by atoms with E-state index >= 15 is 0 Å². The van der Waals surface area contributed by atoms with Crippen LogP contribution >= 0.6 is 0 Å². The van der Waals surface area contributed by atoms with Crippen molar-refractivity contribution in [3.63, 3.8) is 0 Å². The SMILES string of the molecule is COc1ccc(N2Cc3cnc(Nc4ccccc4)nc3N(C3CCCNC3)C2=O)cc1. The fourth-order valence-electron chi connectivity index (χ4n) is 4.23. The van der Waals surface area contributed by atoms with E-state index in [0.717, 1.165) is 48.6 Å². The zero-order chi connectivity index (χ0) is 21.9. The van der Waals surface area contributed by atoms with E-state index in [1.54, 1.807) is 12.0 Å². The van der Waals surface area contributed by atoms with Crippen molar-refractivity contribution in [2.75, 3.05) is 35.3 Å². The molecule has 1 fully saturated rings. The number of carbonyl (C=O) groups excluding carboxylic acids is 1. The van der Waals surface area contributed by atoms with Gasteiger partial charge in [0, 0.05) is 29.7 Å². The minimum atomic E-state index is -0.0688. The van der Waals surface area contributed by atoms with Crippen LogP contribution in [0.3, 0.4) is 0 Å². The monoisotopic (exact) mass is 430 g/mol. The molecule has 1 saturated heterocycles. The molecule has 2 amide bonds.